The largest absolute Gasteiger partial charge is 0.495 e. The molecule has 0 spiro atoms. The number of halogens is 1. The minimum absolute atomic E-state index is 0.287. The minimum atomic E-state index is 0.287. The van der Waals surface area contributed by atoms with Gasteiger partial charge in [-0.2, -0.15) is 0 Å². The van der Waals surface area contributed by atoms with Gasteiger partial charge in [0.2, 0.25) is 11.9 Å². The number of para-hydroxylation sites is 1. The van der Waals surface area contributed by atoms with E-state index in [1.165, 1.54) is 0 Å². The highest BCUT2D eigenvalue weighted by molar-refractivity contribution is 9.10. The van der Waals surface area contributed by atoms with E-state index in [9.17, 15) is 4.79 Å². The van der Waals surface area contributed by atoms with Gasteiger partial charge in [0.15, 0.2) is 0 Å². The fraction of sp³-hybridized carbons (Fsp3) is 0.481. The highest BCUT2D eigenvalue weighted by Gasteiger charge is 2.21. The zero-order valence-corrected chi connectivity index (χ0v) is 23.0. The molecule has 0 bridgehead atoms. The van der Waals surface area contributed by atoms with Crippen molar-refractivity contribution in [3.05, 3.63) is 40.4 Å². The SMILES string of the molecule is COc1cc(Br)cc(C)c1Nc1nc2cccc(N(CCCC(=O)N3CCCC3)C(C)C)c2n1C. The number of carbonyl (C=O) groups is 1. The van der Waals surface area contributed by atoms with Crippen molar-refractivity contribution in [1.82, 2.24) is 14.5 Å². The van der Waals surface area contributed by atoms with Crippen LogP contribution in [0, 0.1) is 6.92 Å². The van der Waals surface area contributed by atoms with Gasteiger partial charge in [-0.25, -0.2) is 4.98 Å². The summed E-state index contributed by atoms with van der Waals surface area (Å²) in [6.07, 6.45) is 3.70. The van der Waals surface area contributed by atoms with Gasteiger partial charge < -0.3 is 24.4 Å². The first-order valence-electron chi connectivity index (χ1n) is 12.4. The maximum Gasteiger partial charge on any atom is 0.222 e. The Balaban J connectivity index is 1.60. The van der Waals surface area contributed by atoms with E-state index < -0.39 is 0 Å². The van der Waals surface area contributed by atoms with E-state index in [-0.39, 0.29) is 5.91 Å². The molecule has 0 unspecified atom stereocenters. The van der Waals surface area contributed by atoms with Crippen LogP contribution in [-0.2, 0) is 11.8 Å². The molecule has 188 valence electrons. The number of nitrogens with zero attached hydrogens (tertiary/aromatic N) is 4. The van der Waals surface area contributed by atoms with Gasteiger partial charge in [0.1, 0.15) is 5.75 Å². The topological polar surface area (TPSA) is 62.6 Å². The number of hydrogen-bond acceptors (Lipinski definition) is 5. The second-order valence-electron chi connectivity index (χ2n) is 9.54. The van der Waals surface area contributed by atoms with E-state index in [1.54, 1.807) is 7.11 Å². The van der Waals surface area contributed by atoms with Gasteiger partial charge in [0, 0.05) is 43.6 Å². The number of aromatic nitrogens is 2. The molecule has 2 heterocycles. The molecular formula is C27H36BrN5O2. The molecule has 1 amide bonds. The molecule has 4 rings (SSSR count). The number of nitrogens with one attached hydrogen (secondary N) is 1. The molecule has 1 aliphatic heterocycles. The minimum Gasteiger partial charge on any atom is -0.495 e. The quantitative estimate of drug-likeness (QED) is 0.359. The molecule has 0 saturated carbocycles. The molecular weight excluding hydrogens is 506 g/mol. The van der Waals surface area contributed by atoms with Crippen LogP contribution in [0.3, 0.4) is 0 Å². The van der Waals surface area contributed by atoms with Crippen LogP contribution >= 0.6 is 15.9 Å². The fourth-order valence-electron chi connectivity index (χ4n) is 4.92. The number of hydrogen-bond donors (Lipinski definition) is 1. The monoisotopic (exact) mass is 541 g/mol. The van der Waals surface area contributed by atoms with Gasteiger partial charge in [-0.1, -0.05) is 22.0 Å². The van der Waals surface area contributed by atoms with E-state index in [0.29, 0.717) is 12.5 Å². The summed E-state index contributed by atoms with van der Waals surface area (Å²) in [5, 5.41) is 3.50. The van der Waals surface area contributed by atoms with Crippen molar-refractivity contribution in [2.24, 2.45) is 7.05 Å². The summed E-state index contributed by atoms with van der Waals surface area (Å²) in [5.41, 5.74) is 5.10. The average molecular weight is 543 g/mol. The summed E-state index contributed by atoms with van der Waals surface area (Å²) >= 11 is 3.55. The molecule has 8 heteroatoms. The molecule has 0 atom stereocenters. The van der Waals surface area contributed by atoms with Crippen molar-refractivity contribution in [2.45, 2.75) is 52.5 Å². The summed E-state index contributed by atoms with van der Waals surface area (Å²) < 4.78 is 8.70. The Kier molecular flexibility index (Phi) is 7.89. The Morgan fingerprint density at radius 1 is 1.26 bits per heavy atom. The number of likely N-dealkylation sites (tertiary alicyclic amines) is 1. The highest BCUT2D eigenvalue weighted by atomic mass is 79.9. The standard InChI is InChI=1S/C27H36BrN5O2/c1-18(2)33(15-9-12-24(34)32-13-6-7-14-32)22-11-8-10-21-26(22)31(4)27(29-21)30-25-19(3)16-20(28)17-23(25)35-5/h8,10-11,16-18H,6-7,9,12-15H2,1-5H3,(H,29,30). The lowest BCUT2D eigenvalue weighted by Gasteiger charge is -2.30. The molecule has 2 aromatic carbocycles. The summed E-state index contributed by atoms with van der Waals surface area (Å²) in [4.78, 5) is 21.9. The van der Waals surface area contributed by atoms with Crippen LogP contribution in [-0.4, -0.2) is 53.1 Å². The number of fused-ring (bicyclic) bond motifs is 1. The van der Waals surface area contributed by atoms with Crippen molar-refractivity contribution in [1.29, 1.82) is 0 Å². The van der Waals surface area contributed by atoms with Crippen LogP contribution in [0.5, 0.6) is 5.75 Å². The molecule has 1 aliphatic rings. The first kappa shape index (κ1) is 25.4. The van der Waals surface area contributed by atoms with Crippen LogP contribution in [0.4, 0.5) is 17.3 Å². The maximum absolute atomic E-state index is 12.5. The zero-order chi connectivity index (χ0) is 25.1. The van der Waals surface area contributed by atoms with E-state index in [1.807, 2.05) is 31.0 Å². The molecule has 1 aromatic heterocycles. The van der Waals surface area contributed by atoms with Crippen molar-refractivity contribution < 1.29 is 9.53 Å². The lowest BCUT2D eigenvalue weighted by Crippen LogP contribution is -2.33. The molecule has 0 aliphatic carbocycles. The zero-order valence-electron chi connectivity index (χ0n) is 21.4. The number of imidazole rings is 1. The Labute approximate surface area is 216 Å². The van der Waals surface area contributed by atoms with E-state index in [4.69, 9.17) is 9.72 Å². The molecule has 1 saturated heterocycles. The number of benzene rings is 2. The van der Waals surface area contributed by atoms with Crippen LogP contribution < -0.4 is 15.0 Å². The number of ether oxygens (including phenoxy) is 1. The van der Waals surface area contributed by atoms with Gasteiger partial charge in [0.25, 0.3) is 0 Å². The van der Waals surface area contributed by atoms with Crippen LogP contribution in [0.1, 0.15) is 45.1 Å². The lowest BCUT2D eigenvalue weighted by molar-refractivity contribution is -0.130. The lowest BCUT2D eigenvalue weighted by atomic mass is 10.1. The Morgan fingerprint density at radius 3 is 2.69 bits per heavy atom. The molecule has 7 nitrogen and oxygen atoms in total. The smallest absolute Gasteiger partial charge is 0.222 e. The van der Waals surface area contributed by atoms with Gasteiger partial charge in [-0.15, -0.1) is 0 Å². The highest BCUT2D eigenvalue weighted by Crippen LogP contribution is 2.36. The molecule has 0 radical (unpaired) electrons. The maximum atomic E-state index is 12.5. The summed E-state index contributed by atoms with van der Waals surface area (Å²) in [7, 11) is 3.71. The van der Waals surface area contributed by atoms with Gasteiger partial charge in [0.05, 0.1) is 29.5 Å². The second-order valence-corrected chi connectivity index (χ2v) is 10.5. The van der Waals surface area contributed by atoms with Crippen LogP contribution in [0.2, 0.25) is 0 Å². The van der Waals surface area contributed by atoms with Crippen molar-refractivity contribution in [3.63, 3.8) is 0 Å². The van der Waals surface area contributed by atoms with Gasteiger partial charge in [-0.05, 0) is 69.9 Å². The third-order valence-corrected chi connectivity index (χ3v) is 7.23. The Hall–Kier alpha value is -2.74. The molecule has 3 aromatic rings. The van der Waals surface area contributed by atoms with E-state index >= 15 is 0 Å². The number of anilines is 3. The third-order valence-electron chi connectivity index (χ3n) is 6.77. The Morgan fingerprint density at radius 2 is 2.00 bits per heavy atom. The number of aryl methyl sites for hydroxylation is 2. The van der Waals surface area contributed by atoms with Crippen molar-refractivity contribution in [3.8, 4) is 5.75 Å². The molecule has 1 fully saturated rings. The predicted molar refractivity (Wildman–Crippen MR) is 147 cm³/mol. The number of methoxy groups -OCH3 is 1. The second kappa shape index (κ2) is 10.9. The normalized spacial score (nSPS) is 13.6. The molecule has 1 N–H and O–H groups in total. The fourth-order valence-corrected chi connectivity index (χ4v) is 5.47. The summed E-state index contributed by atoms with van der Waals surface area (Å²) in [6.45, 7) is 9.11. The predicted octanol–water partition coefficient (Wildman–Crippen LogP) is 6.01. The molecule has 35 heavy (non-hydrogen) atoms. The van der Waals surface area contributed by atoms with Crippen LogP contribution in [0.25, 0.3) is 11.0 Å². The van der Waals surface area contributed by atoms with Crippen molar-refractivity contribution >= 4 is 50.2 Å². The average Bonchev–Trinajstić information content (AvgIpc) is 3.47. The van der Waals surface area contributed by atoms with E-state index in [2.05, 4.69) is 62.8 Å². The number of carbonyl (C=O) groups excluding carboxylic acids is 1. The first-order valence-corrected chi connectivity index (χ1v) is 13.2. The summed E-state index contributed by atoms with van der Waals surface area (Å²) in [6, 6.07) is 10.6. The third kappa shape index (κ3) is 5.42. The van der Waals surface area contributed by atoms with Gasteiger partial charge >= 0.3 is 0 Å². The van der Waals surface area contributed by atoms with E-state index in [0.717, 1.165) is 83.0 Å². The number of amides is 1. The van der Waals surface area contributed by atoms with Gasteiger partial charge in [-0.3, -0.25) is 4.79 Å². The number of rotatable bonds is 9. The summed E-state index contributed by atoms with van der Waals surface area (Å²) in [5.74, 6) is 1.80. The van der Waals surface area contributed by atoms with Crippen LogP contribution in [0.15, 0.2) is 34.8 Å². The van der Waals surface area contributed by atoms with Crippen molar-refractivity contribution in [2.75, 3.05) is 37.0 Å². The Bertz CT molecular complexity index is 1200. The first-order chi connectivity index (χ1) is 16.8.